The molecule has 2 saturated heterocycles. The second kappa shape index (κ2) is 8.81. The van der Waals surface area contributed by atoms with Crippen molar-refractivity contribution in [2.45, 2.75) is 62.9 Å². The summed E-state index contributed by atoms with van der Waals surface area (Å²) >= 11 is 0. The fraction of sp³-hybridized carbons (Fsp3) is 0.462. The zero-order valence-electron chi connectivity index (χ0n) is 17.7. The highest BCUT2D eigenvalue weighted by molar-refractivity contribution is 7.80. The molecule has 0 nitrogen and oxygen atoms in total. The third-order valence-electron chi connectivity index (χ3n) is 7.38. The summed E-state index contributed by atoms with van der Waals surface area (Å²) < 4.78 is 0. The zero-order chi connectivity index (χ0) is 19.6. The number of benzene rings is 2. The highest BCUT2D eigenvalue weighted by atomic mass is 31.2. The standard InChI is InChI=1S/C26H35P2/c1-4-24-16-11-19-28(24,3)21(2)20-27-25(22-12-7-5-8-13-22)17-18-26(27)23-14-9-6-10-15-23/h5-10,12-15,20,24-26H,4,11,16-19H2,1-3H3/q+1/b21-20-/t24-,25+,26+,28?/m1/s1. The van der Waals surface area contributed by atoms with Crippen LogP contribution < -0.4 is 0 Å². The molecule has 1 unspecified atom stereocenters. The van der Waals surface area contributed by atoms with E-state index in [-0.39, 0.29) is 7.92 Å². The summed E-state index contributed by atoms with van der Waals surface area (Å²) in [6.45, 7) is 7.59. The summed E-state index contributed by atoms with van der Waals surface area (Å²) in [5.74, 6) is 2.83. The molecule has 4 atom stereocenters. The number of hydrogen-bond donors (Lipinski definition) is 0. The van der Waals surface area contributed by atoms with E-state index in [1.54, 1.807) is 16.4 Å². The first-order valence-electron chi connectivity index (χ1n) is 11.0. The molecule has 4 rings (SSSR count). The van der Waals surface area contributed by atoms with Crippen LogP contribution in [0.25, 0.3) is 0 Å². The Morgan fingerprint density at radius 3 is 1.96 bits per heavy atom. The van der Waals surface area contributed by atoms with Gasteiger partial charge in [-0.3, -0.25) is 0 Å². The maximum atomic E-state index is 2.83. The summed E-state index contributed by atoms with van der Waals surface area (Å²) in [7, 11) is -1.10. The molecule has 0 bridgehead atoms. The Bertz CT molecular complexity index is 750. The van der Waals surface area contributed by atoms with Crippen molar-refractivity contribution in [3.63, 3.8) is 0 Å². The lowest BCUT2D eigenvalue weighted by Gasteiger charge is -2.29. The molecular weight excluding hydrogens is 374 g/mol. The van der Waals surface area contributed by atoms with E-state index in [9.17, 15) is 0 Å². The molecule has 148 valence electrons. The third kappa shape index (κ3) is 3.88. The predicted octanol–water partition coefficient (Wildman–Crippen LogP) is 8.83. The van der Waals surface area contributed by atoms with Gasteiger partial charge in [0.25, 0.3) is 0 Å². The molecule has 2 heterocycles. The molecule has 0 aliphatic carbocycles. The SMILES string of the molecule is CC[C@@H]1CCC[P+]1(C)/C(C)=C\P1[C@H](c2ccccc2)CC[C@H]1c1ccccc1. The lowest BCUT2D eigenvalue weighted by molar-refractivity contribution is 0.754. The van der Waals surface area contributed by atoms with Crippen molar-refractivity contribution in [2.75, 3.05) is 12.8 Å². The van der Waals surface area contributed by atoms with Crippen LogP contribution in [0.5, 0.6) is 0 Å². The Labute approximate surface area is 173 Å². The van der Waals surface area contributed by atoms with Gasteiger partial charge in [-0.25, -0.2) is 0 Å². The van der Waals surface area contributed by atoms with Crippen LogP contribution in [0.3, 0.4) is 0 Å². The normalized spacial score (nSPS) is 31.4. The summed E-state index contributed by atoms with van der Waals surface area (Å²) in [5.41, 5.74) is 5.57. The van der Waals surface area contributed by atoms with Crippen LogP contribution in [0.1, 0.15) is 68.4 Å². The van der Waals surface area contributed by atoms with Crippen molar-refractivity contribution in [3.05, 3.63) is 82.9 Å². The van der Waals surface area contributed by atoms with Crippen molar-refractivity contribution in [2.24, 2.45) is 0 Å². The van der Waals surface area contributed by atoms with Gasteiger partial charge in [0.05, 0.1) is 23.8 Å². The van der Waals surface area contributed by atoms with E-state index < -0.39 is 7.26 Å². The van der Waals surface area contributed by atoms with Crippen molar-refractivity contribution < 1.29 is 0 Å². The van der Waals surface area contributed by atoms with E-state index in [4.69, 9.17) is 0 Å². The van der Waals surface area contributed by atoms with Crippen molar-refractivity contribution in [3.8, 4) is 0 Å². The average Bonchev–Trinajstić information content (AvgIpc) is 3.33. The third-order valence-corrected chi connectivity index (χ3v) is 16.0. The van der Waals surface area contributed by atoms with Crippen LogP contribution in [0, 0.1) is 0 Å². The van der Waals surface area contributed by atoms with E-state index in [1.807, 2.05) is 0 Å². The van der Waals surface area contributed by atoms with Gasteiger partial charge < -0.3 is 0 Å². The van der Waals surface area contributed by atoms with Gasteiger partial charge in [-0.05, 0) is 56.0 Å². The van der Waals surface area contributed by atoms with Crippen LogP contribution >= 0.6 is 15.2 Å². The molecule has 2 aromatic rings. The topological polar surface area (TPSA) is 0 Å². The predicted molar refractivity (Wildman–Crippen MR) is 129 cm³/mol. The molecule has 0 radical (unpaired) electrons. The summed E-state index contributed by atoms with van der Waals surface area (Å²) in [4.78, 5) is 0. The second-order valence-electron chi connectivity index (χ2n) is 8.84. The first-order chi connectivity index (χ1) is 13.6. The molecule has 0 N–H and O–H groups in total. The lowest BCUT2D eigenvalue weighted by atomic mass is 10.0. The van der Waals surface area contributed by atoms with Crippen molar-refractivity contribution in [1.82, 2.24) is 0 Å². The molecule has 0 saturated carbocycles. The van der Waals surface area contributed by atoms with E-state index in [2.05, 4.69) is 87.0 Å². The summed E-state index contributed by atoms with van der Waals surface area (Å²) in [6, 6.07) is 22.7. The van der Waals surface area contributed by atoms with Crippen LogP contribution in [0.4, 0.5) is 0 Å². The Morgan fingerprint density at radius 1 is 0.929 bits per heavy atom. The molecule has 28 heavy (non-hydrogen) atoms. The van der Waals surface area contributed by atoms with Gasteiger partial charge in [0, 0.05) is 18.6 Å². The minimum absolute atomic E-state index is 0.170. The van der Waals surface area contributed by atoms with Gasteiger partial charge in [-0.15, -0.1) is 0 Å². The van der Waals surface area contributed by atoms with E-state index >= 15 is 0 Å². The first kappa shape index (κ1) is 20.3. The minimum atomic E-state index is -0.933. The summed E-state index contributed by atoms with van der Waals surface area (Å²) in [6.07, 6.45) is 8.46. The largest absolute Gasteiger partial charge is 0.0737 e. The van der Waals surface area contributed by atoms with E-state index in [0.29, 0.717) is 0 Å². The zero-order valence-corrected chi connectivity index (χ0v) is 19.5. The molecule has 2 fully saturated rings. The molecule has 0 aromatic heterocycles. The summed E-state index contributed by atoms with van der Waals surface area (Å²) in [5, 5.41) is 1.80. The van der Waals surface area contributed by atoms with Crippen molar-refractivity contribution in [1.29, 1.82) is 0 Å². The van der Waals surface area contributed by atoms with Gasteiger partial charge >= 0.3 is 0 Å². The smallest absolute Gasteiger partial charge is 0.0641 e. The Balaban J connectivity index is 1.71. The van der Waals surface area contributed by atoms with Gasteiger partial charge in [0.1, 0.15) is 0 Å². The maximum Gasteiger partial charge on any atom is 0.0737 e. The fourth-order valence-corrected chi connectivity index (χ4v) is 13.9. The Kier molecular flexibility index (Phi) is 6.40. The van der Waals surface area contributed by atoms with Crippen LogP contribution in [0.2, 0.25) is 0 Å². The van der Waals surface area contributed by atoms with Crippen molar-refractivity contribution >= 4 is 15.2 Å². The molecule has 2 heteroatoms. The highest BCUT2D eigenvalue weighted by Gasteiger charge is 2.47. The van der Waals surface area contributed by atoms with Crippen LogP contribution in [0.15, 0.2) is 71.8 Å². The van der Waals surface area contributed by atoms with Gasteiger partial charge in [-0.1, -0.05) is 75.5 Å². The first-order valence-corrected chi connectivity index (χ1v) is 15.1. The fourth-order valence-electron chi connectivity index (χ4n) is 5.58. The second-order valence-corrected chi connectivity index (χ2v) is 15.7. The van der Waals surface area contributed by atoms with E-state index in [1.165, 1.54) is 38.3 Å². The number of allylic oxidation sites excluding steroid dienone is 1. The Morgan fingerprint density at radius 2 is 1.46 bits per heavy atom. The minimum Gasteiger partial charge on any atom is -0.0641 e. The number of rotatable bonds is 5. The molecule has 2 aliphatic heterocycles. The monoisotopic (exact) mass is 409 g/mol. The number of hydrogen-bond acceptors (Lipinski definition) is 0. The molecule has 0 amide bonds. The van der Waals surface area contributed by atoms with Gasteiger partial charge in [0.2, 0.25) is 0 Å². The quantitative estimate of drug-likeness (QED) is 0.433. The molecular formula is C26H35P2+. The van der Waals surface area contributed by atoms with Crippen LogP contribution in [-0.2, 0) is 0 Å². The van der Waals surface area contributed by atoms with Crippen LogP contribution in [-0.4, -0.2) is 18.5 Å². The Hall–Kier alpha value is -0.960. The highest BCUT2D eigenvalue weighted by Crippen LogP contribution is 2.77. The lowest BCUT2D eigenvalue weighted by Crippen LogP contribution is -2.07. The molecule has 2 aromatic carbocycles. The molecule has 0 spiro atoms. The average molecular weight is 410 g/mol. The van der Waals surface area contributed by atoms with E-state index in [0.717, 1.165) is 17.0 Å². The van der Waals surface area contributed by atoms with Gasteiger partial charge in [0.15, 0.2) is 0 Å². The molecule has 2 aliphatic rings. The van der Waals surface area contributed by atoms with Gasteiger partial charge in [-0.2, -0.15) is 0 Å². The maximum absolute atomic E-state index is 2.83.